The van der Waals surface area contributed by atoms with Gasteiger partial charge in [0.25, 0.3) is 0 Å². The fourth-order valence-corrected chi connectivity index (χ4v) is 1.75. The summed E-state index contributed by atoms with van der Waals surface area (Å²) in [4.78, 5) is 33.0. The summed E-state index contributed by atoms with van der Waals surface area (Å²) in [7, 11) is 0. The molecule has 0 amide bonds. The number of rotatable bonds is 6. The van der Waals surface area contributed by atoms with Crippen molar-refractivity contribution in [3.63, 3.8) is 0 Å². The van der Waals surface area contributed by atoms with Gasteiger partial charge in [-0.15, -0.1) is 0 Å². The van der Waals surface area contributed by atoms with E-state index < -0.39 is 35.8 Å². The maximum absolute atomic E-state index is 11.2. The van der Waals surface area contributed by atoms with Crippen LogP contribution in [0.2, 0.25) is 0 Å². The largest absolute Gasteiger partial charge is 0.481 e. The molecule has 0 radical (unpaired) electrons. The molecule has 1 aromatic heterocycles. The smallest absolute Gasteiger partial charge is 0.337 e. The number of carbonyl (C=O) groups is 3. The van der Waals surface area contributed by atoms with Crippen molar-refractivity contribution in [2.75, 3.05) is 0 Å². The van der Waals surface area contributed by atoms with Crippen LogP contribution in [-0.4, -0.2) is 43.9 Å². The topological polar surface area (TPSA) is 145 Å². The average Bonchev–Trinajstić information content (AvgIpc) is 2.63. The molecule has 2 atom stereocenters. The van der Waals surface area contributed by atoms with Gasteiger partial charge in [0.1, 0.15) is 5.76 Å². The van der Waals surface area contributed by atoms with Crippen LogP contribution in [0.3, 0.4) is 0 Å². The molecule has 1 aromatic rings. The van der Waals surface area contributed by atoms with Gasteiger partial charge in [-0.25, -0.2) is 4.79 Å². The molecule has 1 rings (SSSR count). The number of carboxylic acid groups (broad SMARTS) is 3. The lowest BCUT2D eigenvalue weighted by Crippen LogP contribution is -2.49. The lowest BCUT2D eigenvalue weighted by molar-refractivity contribution is -0.174. The summed E-state index contributed by atoms with van der Waals surface area (Å²) in [6.07, 6.45) is -0.136. The van der Waals surface area contributed by atoms with Crippen LogP contribution in [0.4, 0.5) is 0 Å². The Hall–Kier alpha value is -2.35. The van der Waals surface area contributed by atoms with E-state index in [0.717, 1.165) is 6.26 Å². The Bertz CT molecular complexity index is 517. The lowest BCUT2D eigenvalue weighted by atomic mass is 9.81. The first-order valence-corrected chi connectivity index (χ1v) is 5.14. The fourth-order valence-electron chi connectivity index (χ4n) is 1.75. The number of hydrogen-bond donors (Lipinski definition) is 4. The molecule has 1 heterocycles. The fraction of sp³-hybridized carbons (Fsp3) is 0.364. The van der Waals surface area contributed by atoms with E-state index >= 15 is 0 Å². The van der Waals surface area contributed by atoms with E-state index in [1.54, 1.807) is 0 Å². The molecular weight excluding hydrogens is 260 g/mol. The molecule has 0 bridgehead atoms. The molecule has 0 aromatic carbocycles. The normalized spacial score (nSPS) is 15.5. The zero-order valence-corrected chi connectivity index (χ0v) is 9.86. The molecule has 0 saturated carbocycles. The molecule has 0 aliphatic rings. The van der Waals surface area contributed by atoms with Gasteiger partial charge < -0.3 is 24.8 Å². The zero-order chi connectivity index (χ0) is 14.8. The molecule has 8 heteroatoms. The third-order valence-corrected chi connectivity index (χ3v) is 2.68. The second-order valence-corrected chi connectivity index (χ2v) is 4.04. The highest BCUT2D eigenvalue weighted by Gasteiger charge is 2.52. The van der Waals surface area contributed by atoms with Crippen LogP contribution < -0.4 is 0 Å². The molecule has 0 fully saturated rings. The van der Waals surface area contributed by atoms with E-state index in [4.69, 9.17) is 19.7 Å². The maximum Gasteiger partial charge on any atom is 0.337 e. The van der Waals surface area contributed by atoms with E-state index in [1.807, 2.05) is 0 Å². The average molecular weight is 272 g/mol. The van der Waals surface area contributed by atoms with Crippen LogP contribution in [0.25, 0.3) is 0 Å². The summed E-state index contributed by atoms with van der Waals surface area (Å²) >= 11 is 0. The summed E-state index contributed by atoms with van der Waals surface area (Å²) < 4.78 is 4.87. The predicted molar refractivity (Wildman–Crippen MR) is 58.7 cm³/mol. The van der Waals surface area contributed by atoms with Crippen molar-refractivity contribution in [1.29, 1.82) is 0 Å². The first-order chi connectivity index (χ1) is 8.70. The second kappa shape index (κ2) is 5.11. The molecule has 8 nitrogen and oxygen atoms in total. The van der Waals surface area contributed by atoms with Gasteiger partial charge in [-0.05, 0) is 18.6 Å². The molecular formula is C11H12O8. The third kappa shape index (κ3) is 2.74. The van der Waals surface area contributed by atoms with Gasteiger partial charge in [0.15, 0.2) is 11.5 Å². The van der Waals surface area contributed by atoms with E-state index in [9.17, 15) is 19.5 Å². The Kier molecular flexibility index (Phi) is 3.95. The van der Waals surface area contributed by atoms with Gasteiger partial charge in [-0.2, -0.15) is 0 Å². The van der Waals surface area contributed by atoms with Crippen molar-refractivity contribution < 1.29 is 39.2 Å². The van der Waals surface area contributed by atoms with Crippen molar-refractivity contribution in [2.24, 2.45) is 0 Å². The van der Waals surface area contributed by atoms with Crippen molar-refractivity contribution in [3.05, 3.63) is 23.7 Å². The van der Waals surface area contributed by atoms with E-state index in [1.165, 1.54) is 13.0 Å². The van der Waals surface area contributed by atoms with E-state index in [-0.39, 0.29) is 5.76 Å². The quantitative estimate of drug-likeness (QED) is 0.568. The van der Waals surface area contributed by atoms with Gasteiger partial charge in [-0.1, -0.05) is 0 Å². The first kappa shape index (κ1) is 14.7. The highest BCUT2D eigenvalue weighted by atomic mass is 16.4. The number of hydrogen-bond acceptors (Lipinski definition) is 5. The predicted octanol–water partition coefficient (Wildman–Crippen LogP) is 0.0466. The summed E-state index contributed by atoms with van der Waals surface area (Å²) in [5.74, 6) is -7.59. The number of aliphatic hydroxyl groups is 1. The Morgan fingerprint density at radius 2 is 1.89 bits per heavy atom. The molecule has 0 aliphatic heterocycles. The summed E-state index contributed by atoms with van der Waals surface area (Å²) in [6, 6.07) is 1.38. The van der Waals surface area contributed by atoms with Crippen LogP contribution in [-0.2, 0) is 14.4 Å². The molecule has 4 N–H and O–H groups in total. The summed E-state index contributed by atoms with van der Waals surface area (Å²) in [5, 5.41) is 36.7. The minimum absolute atomic E-state index is 0.293. The van der Waals surface area contributed by atoms with Gasteiger partial charge >= 0.3 is 17.9 Å². The Morgan fingerprint density at radius 1 is 1.32 bits per heavy atom. The minimum atomic E-state index is -3.00. The number of carboxylic acids is 3. The SMILES string of the molecule is Cc1ccoc1C(C(=O)O)C(O)(CC(=O)O)C(=O)O. The van der Waals surface area contributed by atoms with Gasteiger partial charge in [-0.3, -0.25) is 9.59 Å². The minimum Gasteiger partial charge on any atom is -0.481 e. The highest BCUT2D eigenvalue weighted by molar-refractivity contribution is 5.92. The molecule has 0 spiro atoms. The van der Waals surface area contributed by atoms with E-state index in [0.29, 0.717) is 5.56 Å². The summed E-state index contributed by atoms with van der Waals surface area (Å²) in [6.45, 7) is 1.46. The van der Waals surface area contributed by atoms with Gasteiger partial charge in [0.2, 0.25) is 0 Å². The molecule has 0 aliphatic carbocycles. The van der Waals surface area contributed by atoms with Crippen LogP contribution in [0.15, 0.2) is 16.7 Å². The Morgan fingerprint density at radius 3 is 2.21 bits per heavy atom. The first-order valence-electron chi connectivity index (χ1n) is 5.14. The van der Waals surface area contributed by atoms with Crippen molar-refractivity contribution in [1.82, 2.24) is 0 Å². The van der Waals surface area contributed by atoms with E-state index in [2.05, 4.69) is 0 Å². The van der Waals surface area contributed by atoms with Crippen LogP contribution in [0.1, 0.15) is 23.7 Å². The van der Waals surface area contributed by atoms with Crippen molar-refractivity contribution in [2.45, 2.75) is 24.9 Å². The highest BCUT2D eigenvalue weighted by Crippen LogP contribution is 2.34. The van der Waals surface area contributed by atoms with Crippen LogP contribution in [0.5, 0.6) is 0 Å². The van der Waals surface area contributed by atoms with Gasteiger partial charge in [0, 0.05) is 0 Å². The van der Waals surface area contributed by atoms with Gasteiger partial charge in [0.05, 0.1) is 12.7 Å². The molecule has 0 saturated heterocycles. The maximum atomic E-state index is 11.2. The standard InChI is InChI=1S/C11H12O8/c1-5-2-3-19-8(5)7(9(14)15)11(18,10(16)17)4-6(12)13/h2-3,7,18H,4H2,1H3,(H,12,13)(H,14,15)(H,16,17). The zero-order valence-electron chi connectivity index (χ0n) is 9.86. The number of aliphatic carboxylic acids is 3. The number of furan rings is 1. The third-order valence-electron chi connectivity index (χ3n) is 2.68. The van der Waals surface area contributed by atoms with Crippen LogP contribution >= 0.6 is 0 Å². The monoisotopic (exact) mass is 272 g/mol. The van der Waals surface area contributed by atoms with Crippen molar-refractivity contribution >= 4 is 17.9 Å². The molecule has 19 heavy (non-hydrogen) atoms. The summed E-state index contributed by atoms with van der Waals surface area (Å²) in [5.41, 5.74) is -2.70. The molecule has 104 valence electrons. The number of aryl methyl sites for hydroxylation is 1. The lowest BCUT2D eigenvalue weighted by Gasteiger charge is -2.27. The van der Waals surface area contributed by atoms with Crippen LogP contribution in [0, 0.1) is 6.92 Å². The second-order valence-electron chi connectivity index (χ2n) is 4.04. The Labute approximate surface area is 106 Å². The Balaban J connectivity index is 3.37. The molecule has 2 unspecified atom stereocenters. The van der Waals surface area contributed by atoms with Crippen molar-refractivity contribution in [3.8, 4) is 0 Å².